The molecule has 0 radical (unpaired) electrons. The Labute approximate surface area is 171 Å². The Morgan fingerprint density at radius 1 is 1.12 bits per heavy atom. The van der Waals surface area contributed by atoms with Gasteiger partial charge in [-0.05, 0) is 77.9 Å². The van der Waals surface area contributed by atoms with Gasteiger partial charge < -0.3 is 9.47 Å². The minimum absolute atomic E-state index is 0.414. The van der Waals surface area contributed by atoms with Crippen LogP contribution in [0.1, 0.15) is 25.0 Å². The molecule has 2 aromatic carbocycles. The summed E-state index contributed by atoms with van der Waals surface area (Å²) in [7, 11) is 0. The van der Waals surface area contributed by atoms with Crippen molar-refractivity contribution >= 4 is 57.4 Å². The summed E-state index contributed by atoms with van der Waals surface area (Å²) in [6, 6.07) is 11.2. The number of allylic oxidation sites excluding steroid dienone is 1. The molecule has 25 heavy (non-hydrogen) atoms. The molecule has 0 saturated carbocycles. The summed E-state index contributed by atoms with van der Waals surface area (Å²) in [5, 5.41) is 10.4. The van der Waals surface area contributed by atoms with Gasteiger partial charge in [-0.25, -0.2) is 0 Å². The minimum Gasteiger partial charge on any atom is -0.490 e. The monoisotopic (exact) mass is 487 g/mol. The second-order valence-electron chi connectivity index (χ2n) is 4.99. The molecule has 6 heteroatoms. The van der Waals surface area contributed by atoms with E-state index in [0.29, 0.717) is 40.1 Å². The molecule has 0 bridgehead atoms. The van der Waals surface area contributed by atoms with Crippen molar-refractivity contribution in [1.29, 1.82) is 5.26 Å². The predicted octanol–water partition coefficient (Wildman–Crippen LogP) is 6.46. The van der Waals surface area contributed by atoms with Crippen LogP contribution in [0, 0.1) is 14.9 Å². The highest BCUT2D eigenvalue weighted by atomic mass is 127. The third kappa shape index (κ3) is 5.04. The van der Waals surface area contributed by atoms with Crippen molar-refractivity contribution < 1.29 is 9.47 Å². The summed E-state index contributed by atoms with van der Waals surface area (Å²) in [6.07, 6.45) is 1.79. The van der Waals surface area contributed by atoms with Gasteiger partial charge in [0.15, 0.2) is 11.5 Å². The maximum Gasteiger partial charge on any atom is 0.174 e. The van der Waals surface area contributed by atoms with E-state index in [1.807, 2.05) is 26.0 Å². The number of nitrogens with zero attached hydrogens (tertiary/aromatic N) is 1. The Bertz CT molecular complexity index is 844. The van der Waals surface area contributed by atoms with E-state index in [9.17, 15) is 5.26 Å². The topological polar surface area (TPSA) is 42.2 Å². The number of benzene rings is 2. The first-order valence-corrected chi connectivity index (χ1v) is 9.50. The number of hydrogen-bond donors (Lipinski definition) is 0. The maximum atomic E-state index is 9.53. The van der Waals surface area contributed by atoms with Crippen LogP contribution in [0.4, 0.5) is 0 Å². The van der Waals surface area contributed by atoms with Gasteiger partial charge in [-0.15, -0.1) is 0 Å². The maximum absolute atomic E-state index is 9.53. The highest BCUT2D eigenvalue weighted by molar-refractivity contribution is 14.1. The van der Waals surface area contributed by atoms with Crippen LogP contribution in [0.25, 0.3) is 11.6 Å². The summed E-state index contributed by atoms with van der Waals surface area (Å²) in [5.41, 5.74) is 2.04. The number of hydrogen-bond acceptors (Lipinski definition) is 3. The van der Waals surface area contributed by atoms with E-state index in [1.165, 1.54) is 0 Å². The van der Waals surface area contributed by atoms with E-state index in [-0.39, 0.29) is 0 Å². The van der Waals surface area contributed by atoms with E-state index in [0.717, 1.165) is 14.9 Å². The van der Waals surface area contributed by atoms with Crippen molar-refractivity contribution in [2.24, 2.45) is 0 Å². The van der Waals surface area contributed by atoms with Gasteiger partial charge >= 0.3 is 0 Å². The molecule has 0 amide bonds. The Kier molecular flexibility index (Phi) is 7.42. The molecule has 0 aromatic heterocycles. The van der Waals surface area contributed by atoms with Crippen LogP contribution in [-0.4, -0.2) is 13.2 Å². The lowest BCUT2D eigenvalue weighted by Crippen LogP contribution is -2.00. The molecule has 0 aliphatic rings. The normalized spacial score (nSPS) is 11.1. The predicted molar refractivity (Wildman–Crippen MR) is 111 cm³/mol. The molecule has 0 spiro atoms. The second-order valence-corrected chi connectivity index (χ2v) is 6.97. The van der Waals surface area contributed by atoms with E-state index < -0.39 is 0 Å². The lowest BCUT2D eigenvalue weighted by Gasteiger charge is -2.13. The first kappa shape index (κ1) is 19.9. The quantitative estimate of drug-likeness (QED) is 0.267. The largest absolute Gasteiger partial charge is 0.490 e. The van der Waals surface area contributed by atoms with E-state index in [2.05, 4.69) is 28.7 Å². The standard InChI is InChI=1S/C19H16Cl2INO2/c1-3-24-18-9-12(8-17(22)19(18)25-4-2)7-14(11-23)13-5-6-15(20)16(21)10-13/h5-10H,3-4H2,1-2H3/b14-7-. The zero-order chi connectivity index (χ0) is 18.4. The lowest BCUT2D eigenvalue weighted by molar-refractivity contribution is 0.286. The third-order valence-electron chi connectivity index (χ3n) is 3.28. The Balaban J connectivity index is 2.50. The molecular weight excluding hydrogens is 472 g/mol. The van der Waals surface area contributed by atoms with E-state index >= 15 is 0 Å². The highest BCUT2D eigenvalue weighted by Gasteiger charge is 2.12. The van der Waals surface area contributed by atoms with Crippen molar-refractivity contribution in [2.75, 3.05) is 13.2 Å². The summed E-state index contributed by atoms with van der Waals surface area (Å²) >= 11 is 14.2. The summed E-state index contributed by atoms with van der Waals surface area (Å²) in [4.78, 5) is 0. The first-order chi connectivity index (χ1) is 12.0. The van der Waals surface area contributed by atoms with Gasteiger partial charge in [0.05, 0.1) is 38.5 Å². The van der Waals surface area contributed by atoms with Crippen LogP contribution in [-0.2, 0) is 0 Å². The Hall–Kier alpha value is -1.42. The van der Waals surface area contributed by atoms with Gasteiger partial charge in [-0.1, -0.05) is 29.3 Å². The van der Waals surface area contributed by atoms with Crippen LogP contribution in [0.5, 0.6) is 11.5 Å². The minimum atomic E-state index is 0.414. The molecule has 0 atom stereocenters. The lowest BCUT2D eigenvalue weighted by atomic mass is 10.0. The smallest absolute Gasteiger partial charge is 0.174 e. The number of rotatable bonds is 6. The van der Waals surface area contributed by atoms with Gasteiger partial charge in [0, 0.05) is 0 Å². The molecule has 0 aliphatic carbocycles. The molecule has 0 N–H and O–H groups in total. The molecule has 0 fully saturated rings. The van der Waals surface area contributed by atoms with Gasteiger partial charge in [-0.3, -0.25) is 0 Å². The molecule has 0 heterocycles. The van der Waals surface area contributed by atoms with Crippen LogP contribution >= 0.6 is 45.8 Å². The average molecular weight is 488 g/mol. The van der Waals surface area contributed by atoms with Gasteiger partial charge in [0.1, 0.15) is 0 Å². The SMILES string of the molecule is CCOc1cc(/C=C(/C#N)c2ccc(Cl)c(Cl)c2)cc(I)c1OCC. The zero-order valence-electron chi connectivity index (χ0n) is 13.8. The van der Waals surface area contributed by atoms with Crippen LogP contribution in [0.3, 0.4) is 0 Å². The molecule has 3 nitrogen and oxygen atoms in total. The fourth-order valence-corrected chi connectivity index (χ4v) is 3.31. The molecular formula is C19H16Cl2INO2. The van der Waals surface area contributed by atoms with Crippen molar-refractivity contribution in [2.45, 2.75) is 13.8 Å². The van der Waals surface area contributed by atoms with Crippen LogP contribution in [0.15, 0.2) is 30.3 Å². The molecule has 0 saturated heterocycles. The van der Waals surface area contributed by atoms with Gasteiger partial charge in [0.2, 0.25) is 0 Å². The first-order valence-electron chi connectivity index (χ1n) is 7.66. The van der Waals surface area contributed by atoms with Crippen molar-refractivity contribution in [3.63, 3.8) is 0 Å². The third-order valence-corrected chi connectivity index (χ3v) is 4.82. The highest BCUT2D eigenvalue weighted by Crippen LogP contribution is 2.35. The van der Waals surface area contributed by atoms with Crippen LogP contribution < -0.4 is 9.47 Å². The summed E-state index contributed by atoms with van der Waals surface area (Å²) in [6.45, 7) is 4.93. The Morgan fingerprint density at radius 3 is 2.44 bits per heavy atom. The number of nitriles is 1. The molecule has 2 aromatic rings. The van der Waals surface area contributed by atoms with Crippen molar-refractivity contribution in [3.05, 3.63) is 55.1 Å². The fraction of sp³-hybridized carbons (Fsp3) is 0.211. The molecule has 130 valence electrons. The van der Waals surface area contributed by atoms with Crippen molar-refractivity contribution in [1.82, 2.24) is 0 Å². The summed E-state index contributed by atoms with van der Waals surface area (Å²) in [5.74, 6) is 1.38. The van der Waals surface area contributed by atoms with E-state index in [1.54, 1.807) is 24.3 Å². The molecule has 0 aliphatic heterocycles. The summed E-state index contributed by atoms with van der Waals surface area (Å²) < 4.78 is 12.3. The molecule has 0 unspecified atom stereocenters. The van der Waals surface area contributed by atoms with Crippen molar-refractivity contribution in [3.8, 4) is 17.6 Å². The van der Waals surface area contributed by atoms with Gasteiger partial charge in [-0.2, -0.15) is 5.26 Å². The van der Waals surface area contributed by atoms with Crippen LogP contribution in [0.2, 0.25) is 10.0 Å². The fourth-order valence-electron chi connectivity index (χ4n) is 2.23. The number of ether oxygens (including phenoxy) is 2. The molecule has 2 rings (SSSR count). The average Bonchev–Trinajstić information content (AvgIpc) is 2.58. The van der Waals surface area contributed by atoms with Gasteiger partial charge in [0.25, 0.3) is 0 Å². The Morgan fingerprint density at radius 2 is 1.84 bits per heavy atom. The second kappa shape index (κ2) is 9.33. The number of halogens is 3. The zero-order valence-corrected chi connectivity index (χ0v) is 17.4. The van der Waals surface area contributed by atoms with E-state index in [4.69, 9.17) is 32.7 Å².